The molecule has 3 saturated carbocycles. The minimum Gasteiger partial charge on any atom is -0.481 e. The molecule has 1 aromatic rings. The molecule has 4 aliphatic carbocycles. The molecule has 21 heteroatoms. The number of Topliss-reactive ketones (excluding diaryl/α,β-unsaturated/α-hetero) is 1. The van der Waals surface area contributed by atoms with Gasteiger partial charge in [-0.3, -0.25) is 38.4 Å². The maximum absolute atomic E-state index is 14.4. The molecular weight excluding hydrogens is 950 g/mol. The predicted molar refractivity (Wildman–Crippen MR) is 240 cm³/mol. The number of halogens is 2. The Morgan fingerprint density at radius 2 is 1.67 bits per heavy atom. The van der Waals surface area contributed by atoms with Crippen LogP contribution in [0, 0.1) is 28.6 Å². The van der Waals surface area contributed by atoms with Gasteiger partial charge in [-0.25, -0.2) is 4.79 Å². The number of hydrogen-bond acceptors (Lipinski definition) is 13. The zero-order valence-electron chi connectivity index (χ0n) is 37.2. The number of alkyl carbamates (subject to hydrolysis) is 1. The zero-order valence-corrected chi connectivity index (χ0v) is 39.5. The van der Waals surface area contributed by atoms with Gasteiger partial charge in [0.25, 0.3) is 0 Å². The van der Waals surface area contributed by atoms with Gasteiger partial charge in [-0.1, -0.05) is 67.4 Å². The summed E-state index contributed by atoms with van der Waals surface area (Å²) < 4.78 is 17.0. The molecule has 5 rings (SSSR count). The number of aliphatic carboxylic acids is 1. The molecule has 3 fully saturated rings. The fourth-order valence-corrected chi connectivity index (χ4v) is 11.1. The lowest BCUT2D eigenvalue weighted by molar-refractivity contribution is -0.203. The van der Waals surface area contributed by atoms with E-state index in [9.17, 15) is 48.3 Å². The second-order valence-electron chi connectivity index (χ2n) is 17.6. The first-order valence-corrected chi connectivity index (χ1v) is 23.2. The minimum atomic E-state index is -1.68. The fraction of sp³-hybridized carbons (Fsp3) is 0.578. The number of benzene rings is 1. The summed E-state index contributed by atoms with van der Waals surface area (Å²) in [6.45, 7) is 5.18. The summed E-state index contributed by atoms with van der Waals surface area (Å²) >= 11 is 10.5. The normalized spacial score (nSPS) is 28.8. The second-order valence-corrected chi connectivity index (χ2v) is 18.7. The van der Waals surface area contributed by atoms with Crippen LogP contribution in [0.25, 0.3) is 0 Å². The molecule has 5 amide bonds. The average molecular weight is 1010 g/mol. The van der Waals surface area contributed by atoms with Crippen molar-refractivity contribution in [2.45, 2.75) is 102 Å². The number of ketones is 2. The summed E-state index contributed by atoms with van der Waals surface area (Å²) in [4.78, 5) is 111. The maximum Gasteiger partial charge on any atom is 0.407 e. The van der Waals surface area contributed by atoms with E-state index in [2.05, 4.69) is 42.5 Å². The van der Waals surface area contributed by atoms with Crippen molar-refractivity contribution in [1.82, 2.24) is 21.3 Å². The number of carbonyl (C=O) groups excluding carboxylic acids is 8. The van der Waals surface area contributed by atoms with Gasteiger partial charge in [0.15, 0.2) is 11.4 Å². The van der Waals surface area contributed by atoms with Gasteiger partial charge in [0, 0.05) is 35.3 Å². The van der Waals surface area contributed by atoms with Crippen molar-refractivity contribution in [2.24, 2.45) is 28.6 Å². The number of aliphatic hydroxyl groups is 1. The number of fused-ring (bicyclic) bond motifs is 5. The van der Waals surface area contributed by atoms with E-state index in [0.29, 0.717) is 30.5 Å². The van der Waals surface area contributed by atoms with Crippen molar-refractivity contribution in [1.29, 1.82) is 0 Å². The van der Waals surface area contributed by atoms with Crippen molar-refractivity contribution < 1.29 is 67.6 Å². The number of alkyl halides is 2. The first-order chi connectivity index (χ1) is 31.1. The Labute approximate surface area is 395 Å². The third kappa shape index (κ3) is 10.8. The van der Waals surface area contributed by atoms with E-state index < -0.39 is 120 Å². The van der Waals surface area contributed by atoms with E-state index in [-0.39, 0.29) is 48.8 Å². The highest BCUT2D eigenvalue weighted by Crippen LogP contribution is 2.72. The summed E-state index contributed by atoms with van der Waals surface area (Å²) in [5.41, 5.74) is -1.87. The lowest BCUT2D eigenvalue weighted by atomic mass is 9.45. The van der Waals surface area contributed by atoms with E-state index in [4.69, 9.17) is 30.9 Å². The number of ether oxygens (including phenoxy) is 3. The molecule has 0 bridgehead atoms. The molecule has 0 aromatic heterocycles. The first kappa shape index (κ1) is 51.8. The summed E-state index contributed by atoms with van der Waals surface area (Å²) in [6, 6.07) is 4.85. The second kappa shape index (κ2) is 21.6. The van der Waals surface area contributed by atoms with Gasteiger partial charge >= 0.3 is 18.0 Å². The maximum atomic E-state index is 14.4. The average Bonchev–Trinajstić information content (AvgIpc) is 3.49. The van der Waals surface area contributed by atoms with E-state index in [1.807, 2.05) is 20.8 Å². The molecule has 4 aliphatic rings. The van der Waals surface area contributed by atoms with Crippen LogP contribution >= 0.6 is 27.5 Å². The number of carbonyl (C=O) groups is 9. The molecular formula is C45H57BrClN5O14. The van der Waals surface area contributed by atoms with Gasteiger partial charge in [0.05, 0.1) is 22.9 Å². The van der Waals surface area contributed by atoms with Crippen molar-refractivity contribution in [3.63, 3.8) is 0 Å². The van der Waals surface area contributed by atoms with Crippen LogP contribution in [0.3, 0.4) is 0 Å². The molecule has 66 heavy (non-hydrogen) atoms. The van der Waals surface area contributed by atoms with Crippen molar-refractivity contribution in [3.05, 3.63) is 53.6 Å². The molecule has 19 nitrogen and oxygen atoms in total. The largest absolute Gasteiger partial charge is 0.481 e. The number of nitrogens with one attached hydrogen (secondary N) is 5. The number of carboxylic acids is 1. The molecule has 360 valence electrons. The number of hydrogen-bond donors (Lipinski definition) is 7. The highest BCUT2D eigenvalue weighted by Gasteiger charge is 2.76. The number of aliphatic hydroxyl groups excluding tert-OH is 1. The molecule has 0 saturated heterocycles. The summed E-state index contributed by atoms with van der Waals surface area (Å²) in [6.07, 6.45) is 3.85. The lowest BCUT2D eigenvalue weighted by Crippen LogP contribution is -2.69. The molecule has 1 aromatic carbocycles. The molecule has 9 atom stereocenters. The molecule has 0 heterocycles. The monoisotopic (exact) mass is 1010 g/mol. The van der Waals surface area contributed by atoms with E-state index in [0.717, 1.165) is 5.57 Å². The highest BCUT2D eigenvalue weighted by molar-refractivity contribution is 9.09. The van der Waals surface area contributed by atoms with Gasteiger partial charge in [-0.2, -0.15) is 0 Å². The molecule has 7 N–H and O–H groups in total. The van der Waals surface area contributed by atoms with Gasteiger partial charge in [0.1, 0.15) is 32.5 Å². The number of amides is 5. The number of rotatable bonds is 20. The van der Waals surface area contributed by atoms with Crippen molar-refractivity contribution >= 4 is 86.4 Å². The Morgan fingerprint density at radius 3 is 2.33 bits per heavy atom. The molecule has 0 spiro atoms. The van der Waals surface area contributed by atoms with Gasteiger partial charge in [0.2, 0.25) is 29.4 Å². The lowest BCUT2D eigenvalue weighted by Gasteiger charge is -2.64. The number of allylic oxidation sites excluding steroid dienone is 4. The standard InChI is InChI=1S/C45H57BrClN5O14/c1-5-39(61)66-45(25(2)16-31-30-11-8-27-17-29(53)14-15-42(27,3)44(30,47)33(54)18-43(31,45)4)34(55)23-64-24-50-36(57)20-49-41(63)65-22-26-6-9-28(10-7-26)51-40(62)32(12-13-38(59)60)52-37(58)21-48-35(56)19-46/h6-7,9-10,14-15,17,25,30-33,54H,5,8,11-13,16,18-24H2,1-4H3,(H,48,56)(H,49,63)(H,50,57)(H,51,62)(H,52,58)(H,59,60)/t25-,30-,31?,32-,33-,42-,43-,44-,45-/m0/s1. The van der Waals surface area contributed by atoms with Crippen LogP contribution in [0.4, 0.5) is 10.5 Å². The summed E-state index contributed by atoms with van der Waals surface area (Å²) in [5.74, 6) is -5.94. The van der Waals surface area contributed by atoms with Crippen LogP contribution in [0.2, 0.25) is 0 Å². The smallest absolute Gasteiger partial charge is 0.407 e. The minimum absolute atomic E-state index is 0.00303. The van der Waals surface area contributed by atoms with Crippen LogP contribution in [-0.4, -0.2) is 118 Å². The van der Waals surface area contributed by atoms with E-state index in [1.54, 1.807) is 19.1 Å². The third-order valence-corrected chi connectivity index (χ3v) is 15.0. The Morgan fingerprint density at radius 1 is 0.970 bits per heavy atom. The van der Waals surface area contributed by atoms with Crippen LogP contribution in [0.1, 0.15) is 78.2 Å². The Kier molecular flexibility index (Phi) is 17.0. The Balaban J connectivity index is 1.10. The Bertz CT molecular complexity index is 2150. The van der Waals surface area contributed by atoms with Gasteiger partial charge in [-0.15, -0.1) is 11.6 Å². The van der Waals surface area contributed by atoms with Gasteiger partial charge < -0.3 is 51.0 Å². The summed E-state index contributed by atoms with van der Waals surface area (Å²) in [5, 5.41) is 33.2. The van der Waals surface area contributed by atoms with Crippen molar-refractivity contribution in [3.8, 4) is 0 Å². The van der Waals surface area contributed by atoms with Crippen LogP contribution in [0.15, 0.2) is 48.1 Å². The van der Waals surface area contributed by atoms with Crippen LogP contribution in [-0.2, 0) is 59.2 Å². The van der Waals surface area contributed by atoms with E-state index in [1.165, 1.54) is 30.3 Å². The van der Waals surface area contributed by atoms with Crippen molar-refractivity contribution in [2.75, 3.05) is 37.1 Å². The molecule has 0 aliphatic heterocycles. The Hall–Kier alpha value is -5.18. The molecule has 1 unspecified atom stereocenters. The number of carboxylic acid groups (broad SMARTS) is 1. The quantitative estimate of drug-likeness (QED) is 0.0428. The topological polar surface area (TPSA) is 282 Å². The number of anilines is 1. The number of esters is 1. The van der Waals surface area contributed by atoms with Gasteiger partial charge in [-0.05, 0) is 73.8 Å². The first-order valence-electron chi connectivity index (χ1n) is 21.7. The van der Waals surface area contributed by atoms with E-state index >= 15 is 0 Å². The highest BCUT2D eigenvalue weighted by atomic mass is 79.9. The SMILES string of the molecule is CCC(=O)O[C@]1(C(=O)COCNC(=O)CNC(=O)OCc2ccc(NC(=O)[C@H](CCC(=O)O)NC(=O)CNC(=O)CBr)cc2)[C@@H](C)CC2[C@@H]3CCC4=CC(=O)C=C[C@]4(C)[C@@]3(Cl)[C@@H](O)C[C@@]21C. The third-order valence-electron chi connectivity index (χ3n) is 13.6. The zero-order chi connectivity index (χ0) is 48.6. The summed E-state index contributed by atoms with van der Waals surface area (Å²) in [7, 11) is 0. The molecule has 0 radical (unpaired) electrons. The van der Waals surface area contributed by atoms with Crippen LogP contribution in [0.5, 0.6) is 0 Å². The van der Waals surface area contributed by atoms with Crippen LogP contribution < -0.4 is 26.6 Å². The predicted octanol–water partition coefficient (Wildman–Crippen LogP) is 2.95. The fourth-order valence-electron chi connectivity index (χ4n) is 10.4.